The molecule has 1 atom stereocenters. The normalized spacial score (nSPS) is 19.6. The van der Waals surface area contributed by atoms with Crippen molar-refractivity contribution in [3.63, 3.8) is 0 Å². The van der Waals surface area contributed by atoms with Crippen molar-refractivity contribution in [3.8, 4) is 0 Å². The molecule has 2 aliphatic rings. The third-order valence-electron chi connectivity index (χ3n) is 6.56. The largest absolute Gasteiger partial charge is 0.366 e. The van der Waals surface area contributed by atoms with Gasteiger partial charge < -0.3 is 15.1 Å². The van der Waals surface area contributed by atoms with Crippen LogP contribution in [0.1, 0.15) is 48.5 Å². The second kappa shape index (κ2) is 8.83. The summed E-state index contributed by atoms with van der Waals surface area (Å²) in [6.45, 7) is 3.84. The second-order valence-electron chi connectivity index (χ2n) is 8.80. The summed E-state index contributed by atoms with van der Waals surface area (Å²) in [5.74, 6) is 0.857. The maximum Gasteiger partial charge on any atom is 0.255 e. The zero-order valence-corrected chi connectivity index (χ0v) is 18.7. The fourth-order valence-corrected chi connectivity index (χ4v) is 4.38. The Balaban J connectivity index is 1.31. The van der Waals surface area contributed by atoms with E-state index < -0.39 is 0 Å². The maximum atomic E-state index is 12.9. The molecule has 2 aromatic rings. The van der Waals surface area contributed by atoms with Crippen molar-refractivity contribution in [2.24, 2.45) is 5.41 Å². The van der Waals surface area contributed by atoms with Gasteiger partial charge in [-0.15, -0.1) is 0 Å². The Morgan fingerprint density at radius 2 is 2.03 bits per heavy atom. The van der Waals surface area contributed by atoms with Gasteiger partial charge >= 0.3 is 0 Å². The van der Waals surface area contributed by atoms with E-state index >= 15 is 0 Å². The van der Waals surface area contributed by atoms with Crippen molar-refractivity contribution in [2.75, 3.05) is 25.5 Å². The van der Waals surface area contributed by atoms with Gasteiger partial charge in [0.2, 0.25) is 5.91 Å². The molecule has 0 bridgehead atoms. The van der Waals surface area contributed by atoms with Crippen LogP contribution in [0.3, 0.4) is 0 Å². The van der Waals surface area contributed by atoms with Gasteiger partial charge in [0.25, 0.3) is 5.91 Å². The van der Waals surface area contributed by atoms with E-state index in [-0.39, 0.29) is 23.3 Å². The fourth-order valence-electron chi connectivity index (χ4n) is 4.27. The molecule has 1 saturated carbocycles. The van der Waals surface area contributed by atoms with Gasteiger partial charge in [-0.3, -0.25) is 9.59 Å². The summed E-state index contributed by atoms with van der Waals surface area (Å²) in [6.07, 6.45) is 7.18. The average Bonchev–Trinajstić information content (AvgIpc) is 3.26. The van der Waals surface area contributed by atoms with Gasteiger partial charge in [-0.05, 0) is 43.0 Å². The van der Waals surface area contributed by atoms with Crippen LogP contribution in [0, 0.1) is 5.41 Å². The number of anilines is 1. The highest BCUT2D eigenvalue weighted by Crippen LogP contribution is 2.42. The number of hydrogen-bond acceptors (Lipinski definition) is 5. The third kappa shape index (κ3) is 4.66. The summed E-state index contributed by atoms with van der Waals surface area (Å²) in [5, 5.41) is 3.67. The van der Waals surface area contributed by atoms with Crippen molar-refractivity contribution >= 4 is 29.2 Å². The highest BCUT2D eigenvalue weighted by atomic mass is 35.5. The van der Waals surface area contributed by atoms with Gasteiger partial charge in [-0.2, -0.15) is 0 Å². The van der Waals surface area contributed by atoms with E-state index in [2.05, 4.69) is 22.2 Å². The number of nitrogens with zero attached hydrogens (tertiary/aromatic N) is 4. The van der Waals surface area contributed by atoms with Crippen LogP contribution >= 0.6 is 11.6 Å². The molecule has 1 aliphatic carbocycles. The zero-order valence-electron chi connectivity index (χ0n) is 18.0. The Bertz CT molecular complexity index is 943. The van der Waals surface area contributed by atoms with Crippen LogP contribution in [0.25, 0.3) is 0 Å². The topological polar surface area (TPSA) is 78.4 Å². The molecule has 164 valence electrons. The second-order valence-corrected chi connectivity index (χ2v) is 9.19. The Morgan fingerprint density at radius 3 is 2.65 bits per heavy atom. The van der Waals surface area contributed by atoms with E-state index in [0.717, 1.165) is 31.2 Å². The summed E-state index contributed by atoms with van der Waals surface area (Å²) in [5.41, 5.74) is 1.34. The number of likely N-dealkylation sites (tertiary alicyclic amines) is 1. The minimum atomic E-state index is -0.207. The van der Waals surface area contributed by atoms with E-state index in [1.807, 2.05) is 22.9 Å². The molecule has 1 saturated heterocycles. The smallest absolute Gasteiger partial charge is 0.255 e. The van der Waals surface area contributed by atoms with Gasteiger partial charge in [0, 0.05) is 44.5 Å². The standard InChI is InChI=1S/C23H28ClN5O2/c1-23(9-3-10-23)22(31)28(2)18-8-11-29(15-18)21(30)17-5-7-20(27-14-17)26-13-16-4-6-19(24)25-12-16/h4-7,12,14,18H,3,8-11,13,15H2,1-2H3,(H,26,27)/t18-/m0/s1. The average molecular weight is 442 g/mol. The SMILES string of the molecule is CN(C(=O)C1(C)CCC1)[C@H]1CCN(C(=O)c2ccc(NCc3ccc(Cl)nc3)nc2)C1. The lowest BCUT2D eigenvalue weighted by Gasteiger charge is -2.41. The minimum Gasteiger partial charge on any atom is -0.366 e. The first-order valence-electron chi connectivity index (χ1n) is 10.7. The number of aromatic nitrogens is 2. The molecular weight excluding hydrogens is 414 g/mol. The maximum absolute atomic E-state index is 12.9. The van der Waals surface area contributed by atoms with Gasteiger partial charge in [0.05, 0.1) is 11.6 Å². The molecule has 8 heteroatoms. The molecule has 4 rings (SSSR count). The van der Waals surface area contributed by atoms with E-state index in [1.165, 1.54) is 0 Å². The molecule has 2 aromatic heterocycles. The van der Waals surface area contributed by atoms with E-state index in [4.69, 9.17) is 11.6 Å². The van der Waals surface area contributed by atoms with Crippen LogP contribution in [0.5, 0.6) is 0 Å². The Labute approximate surface area is 187 Å². The number of carbonyl (C=O) groups is 2. The van der Waals surface area contributed by atoms with Gasteiger partial charge in [-0.25, -0.2) is 9.97 Å². The van der Waals surface area contributed by atoms with Crippen molar-refractivity contribution in [1.29, 1.82) is 0 Å². The number of nitrogens with one attached hydrogen (secondary N) is 1. The molecule has 1 aliphatic heterocycles. The monoisotopic (exact) mass is 441 g/mol. The first-order valence-corrected chi connectivity index (χ1v) is 11.1. The van der Waals surface area contributed by atoms with Crippen LogP contribution in [-0.2, 0) is 11.3 Å². The molecule has 2 fully saturated rings. The summed E-state index contributed by atoms with van der Waals surface area (Å²) in [4.78, 5) is 37.8. The van der Waals surface area contributed by atoms with Crippen LogP contribution in [0.15, 0.2) is 36.7 Å². The van der Waals surface area contributed by atoms with Crippen LogP contribution < -0.4 is 5.32 Å². The number of likely N-dealkylation sites (N-methyl/N-ethyl adjacent to an activating group) is 1. The summed E-state index contributed by atoms with van der Waals surface area (Å²) in [7, 11) is 1.88. The van der Waals surface area contributed by atoms with E-state index in [0.29, 0.717) is 36.2 Å². The lowest BCUT2D eigenvalue weighted by molar-refractivity contribution is -0.146. The Kier molecular flexibility index (Phi) is 6.14. The number of hydrogen-bond donors (Lipinski definition) is 1. The predicted molar refractivity (Wildman–Crippen MR) is 120 cm³/mol. The fraction of sp³-hybridized carbons (Fsp3) is 0.478. The van der Waals surface area contributed by atoms with Gasteiger partial charge in [-0.1, -0.05) is 31.0 Å². The highest BCUT2D eigenvalue weighted by Gasteiger charge is 2.43. The van der Waals surface area contributed by atoms with E-state index in [9.17, 15) is 9.59 Å². The van der Waals surface area contributed by atoms with Gasteiger partial charge in [0.15, 0.2) is 0 Å². The number of rotatable bonds is 6. The molecule has 2 amide bonds. The van der Waals surface area contributed by atoms with Crippen LogP contribution in [-0.4, -0.2) is 57.8 Å². The lowest BCUT2D eigenvalue weighted by Crippen LogP contribution is -2.49. The first kappa shape index (κ1) is 21.6. The third-order valence-corrected chi connectivity index (χ3v) is 6.79. The quantitative estimate of drug-likeness (QED) is 0.693. The van der Waals surface area contributed by atoms with Crippen LogP contribution in [0.2, 0.25) is 5.15 Å². The van der Waals surface area contributed by atoms with Gasteiger partial charge in [0.1, 0.15) is 11.0 Å². The number of amides is 2. The molecule has 7 nitrogen and oxygen atoms in total. The van der Waals surface area contributed by atoms with Crippen molar-refractivity contribution in [1.82, 2.24) is 19.8 Å². The van der Waals surface area contributed by atoms with Crippen molar-refractivity contribution in [3.05, 3.63) is 52.9 Å². The molecule has 31 heavy (non-hydrogen) atoms. The molecule has 0 radical (unpaired) electrons. The molecule has 0 aromatic carbocycles. The van der Waals surface area contributed by atoms with Crippen LogP contribution in [0.4, 0.5) is 5.82 Å². The highest BCUT2D eigenvalue weighted by molar-refractivity contribution is 6.29. The summed E-state index contributed by atoms with van der Waals surface area (Å²) < 4.78 is 0. The molecule has 0 unspecified atom stereocenters. The number of carbonyl (C=O) groups excluding carboxylic acids is 2. The number of pyridine rings is 2. The first-order chi connectivity index (χ1) is 14.9. The van der Waals surface area contributed by atoms with E-state index in [1.54, 1.807) is 30.6 Å². The summed E-state index contributed by atoms with van der Waals surface area (Å²) in [6, 6.07) is 7.31. The number of halogens is 1. The molecular formula is C23H28ClN5O2. The van der Waals surface area contributed by atoms with Crippen molar-refractivity contribution < 1.29 is 9.59 Å². The molecule has 3 heterocycles. The minimum absolute atomic E-state index is 0.0424. The molecule has 1 N–H and O–H groups in total. The van der Waals surface area contributed by atoms with Crippen molar-refractivity contribution in [2.45, 2.75) is 45.2 Å². The Hall–Kier alpha value is -2.67. The lowest BCUT2D eigenvalue weighted by atomic mass is 9.69. The molecule has 0 spiro atoms. The summed E-state index contributed by atoms with van der Waals surface area (Å²) >= 11 is 5.80. The Morgan fingerprint density at radius 1 is 1.23 bits per heavy atom. The zero-order chi connectivity index (χ0) is 22.0. The predicted octanol–water partition coefficient (Wildman–Crippen LogP) is 3.61.